The summed E-state index contributed by atoms with van der Waals surface area (Å²) in [6, 6.07) is 13.7. The number of para-hydroxylation sites is 2. The molecule has 0 spiro atoms. The topological polar surface area (TPSA) is 64.7 Å². The molecule has 0 aliphatic carbocycles. The summed E-state index contributed by atoms with van der Waals surface area (Å²) >= 11 is 3.41. The number of benzene rings is 1. The molecule has 136 valence electrons. The van der Waals surface area contributed by atoms with E-state index in [9.17, 15) is 4.79 Å². The van der Waals surface area contributed by atoms with Crippen LogP contribution in [0.2, 0.25) is 0 Å². The summed E-state index contributed by atoms with van der Waals surface area (Å²) in [5.41, 5.74) is 3.52. The average molecular weight is 424 g/mol. The fourth-order valence-electron chi connectivity index (χ4n) is 3.01. The van der Waals surface area contributed by atoms with E-state index >= 15 is 0 Å². The Labute approximate surface area is 165 Å². The maximum atomic E-state index is 12.4. The zero-order valence-corrected chi connectivity index (χ0v) is 16.3. The van der Waals surface area contributed by atoms with Gasteiger partial charge in [-0.1, -0.05) is 18.2 Å². The van der Waals surface area contributed by atoms with Gasteiger partial charge < -0.3 is 9.88 Å². The second-order valence-electron chi connectivity index (χ2n) is 6.14. The number of pyridine rings is 1. The highest BCUT2D eigenvalue weighted by Gasteiger charge is 2.12. The first-order valence-electron chi connectivity index (χ1n) is 8.67. The van der Waals surface area contributed by atoms with Gasteiger partial charge in [0.1, 0.15) is 17.8 Å². The van der Waals surface area contributed by atoms with Gasteiger partial charge in [0.15, 0.2) is 0 Å². The molecular weight excluding hydrogens is 406 g/mol. The highest BCUT2D eigenvalue weighted by Crippen LogP contribution is 2.17. The maximum Gasteiger partial charge on any atom is 0.268 e. The van der Waals surface area contributed by atoms with Gasteiger partial charge in [-0.05, 0) is 52.7 Å². The number of imidazole rings is 1. The Hall–Kier alpha value is -2.93. The minimum absolute atomic E-state index is 0.104. The summed E-state index contributed by atoms with van der Waals surface area (Å²) in [6.07, 6.45) is 5.45. The van der Waals surface area contributed by atoms with E-state index in [1.165, 1.54) is 0 Å². The molecule has 0 saturated heterocycles. The van der Waals surface area contributed by atoms with Crippen LogP contribution in [0.1, 0.15) is 23.0 Å². The highest BCUT2D eigenvalue weighted by atomic mass is 79.9. The van der Waals surface area contributed by atoms with Crippen LogP contribution in [0.4, 0.5) is 0 Å². The monoisotopic (exact) mass is 423 g/mol. The fraction of sp³-hybridized carbons (Fsp3) is 0.150. The Morgan fingerprint density at radius 3 is 2.81 bits per heavy atom. The van der Waals surface area contributed by atoms with E-state index in [1.54, 1.807) is 12.5 Å². The fourth-order valence-corrected chi connectivity index (χ4v) is 3.47. The van der Waals surface area contributed by atoms with E-state index in [2.05, 4.69) is 31.2 Å². The van der Waals surface area contributed by atoms with E-state index in [1.807, 2.05) is 64.7 Å². The zero-order valence-electron chi connectivity index (χ0n) is 14.8. The van der Waals surface area contributed by atoms with Crippen LogP contribution < -0.4 is 5.32 Å². The van der Waals surface area contributed by atoms with Crippen molar-refractivity contribution in [3.63, 3.8) is 0 Å². The second kappa shape index (κ2) is 7.36. The number of hydrogen-bond acceptors (Lipinski definition) is 3. The molecule has 0 aliphatic heterocycles. The predicted octanol–water partition coefficient (Wildman–Crippen LogP) is 3.93. The molecule has 3 heterocycles. The molecule has 0 radical (unpaired) electrons. The van der Waals surface area contributed by atoms with Crippen LogP contribution in [0, 0.1) is 0 Å². The molecule has 0 fully saturated rings. The molecule has 0 saturated carbocycles. The zero-order chi connectivity index (χ0) is 18.8. The molecule has 0 aliphatic rings. The average Bonchev–Trinajstić information content (AvgIpc) is 3.30. The molecule has 3 aromatic heterocycles. The third kappa shape index (κ3) is 3.50. The summed E-state index contributed by atoms with van der Waals surface area (Å²) in [6.45, 7) is 3.17. The predicted molar refractivity (Wildman–Crippen MR) is 108 cm³/mol. The van der Waals surface area contributed by atoms with Crippen molar-refractivity contribution in [1.29, 1.82) is 0 Å². The number of fused-ring (bicyclic) bond motifs is 1. The molecule has 0 bridgehead atoms. The van der Waals surface area contributed by atoms with Gasteiger partial charge in [0.2, 0.25) is 0 Å². The molecule has 7 heteroatoms. The number of nitrogens with one attached hydrogen (secondary N) is 1. The Balaban J connectivity index is 1.47. The van der Waals surface area contributed by atoms with Crippen molar-refractivity contribution in [3.05, 3.63) is 76.9 Å². The van der Waals surface area contributed by atoms with E-state index in [-0.39, 0.29) is 5.91 Å². The maximum absolute atomic E-state index is 12.4. The second-order valence-corrected chi connectivity index (χ2v) is 7.06. The number of amides is 1. The lowest BCUT2D eigenvalue weighted by molar-refractivity contribution is 0.0941. The van der Waals surface area contributed by atoms with Crippen LogP contribution in [0.3, 0.4) is 0 Å². The molecule has 4 aromatic rings. The van der Waals surface area contributed by atoms with Crippen molar-refractivity contribution < 1.29 is 4.79 Å². The lowest BCUT2D eigenvalue weighted by Crippen LogP contribution is -2.25. The number of carbonyl (C=O) groups excluding carboxylic acids is 1. The third-order valence-corrected chi connectivity index (χ3v) is 4.83. The largest absolute Gasteiger partial charge is 0.347 e. The van der Waals surface area contributed by atoms with Crippen molar-refractivity contribution in [2.24, 2.45) is 0 Å². The molecule has 6 nitrogen and oxygen atoms in total. The summed E-state index contributed by atoms with van der Waals surface area (Å²) in [5.74, 6) is 0.690. The van der Waals surface area contributed by atoms with Crippen LogP contribution in [-0.2, 0) is 13.1 Å². The first kappa shape index (κ1) is 17.5. The molecule has 4 rings (SSSR count). The van der Waals surface area contributed by atoms with E-state index < -0.39 is 0 Å². The van der Waals surface area contributed by atoms with Crippen molar-refractivity contribution in [2.75, 3.05) is 0 Å². The Morgan fingerprint density at radius 2 is 2.04 bits per heavy atom. The van der Waals surface area contributed by atoms with Gasteiger partial charge in [0.25, 0.3) is 5.91 Å². The van der Waals surface area contributed by atoms with E-state index in [0.717, 1.165) is 33.4 Å². The van der Waals surface area contributed by atoms with Crippen LogP contribution >= 0.6 is 15.9 Å². The first-order chi connectivity index (χ1) is 13.2. The third-order valence-electron chi connectivity index (χ3n) is 4.40. The molecule has 27 heavy (non-hydrogen) atoms. The number of aromatic nitrogens is 4. The number of rotatable bonds is 5. The van der Waals surface area contributed by atoms with E-state index in [4.69, 9.17) is 0 Å². The normalized spacial score (nSPS) is 11.0. The summed E-state index contributed by atoms with van der Waals surface area (Å²) in [7, 11) is 0. The number of nitrogens with zero attached hydrogens (tertiary/aromatic N) is 4. The van der Waals surface area contributed by atoms with Crippen LogP contribution in [0.25, 0.3) is 16.9 Å². The minimum Gasteiger partial charge on any atom is -0.347 e. The first-order valence-corrected chi connectivity index (χ1v) is 9.46. The molecule has 1 N–H and O–H groups in total. The van der Waals surface area contributed by atoms with Crippen molar-refractivity contribution in [2.45, 2.75) is 20.0 Å². The smallest absolute Gasteiger partial charge is 0.268 e. The molecule has 0 unspecified atom stereocenters. The quantitative estimate of drug-likeness (QED) is 0.528. The number of carbonyl (C=O) groups is 1. The SMILES string of the molecule is CCn1cc(Br)cc1C(=O)NCc1ccc(-n2cnc3ccccc32)nc1. The lowest BCUT2D eigenvalue weighted by atomic mass is 10.2. The highest BCUT2D eigenvalue weighted by molar-refractivity contribution is 9.10. The number of halogens is 1. The summed E-state index contributed by atoms with van der Waals surface area (Å²) < 4.78 is 4.75. The summed E-state index contributed by atoms with van der Waals surface area (Å²) in [4.78, 5) is 21.3. The number of aryl methyl sites for hydroxylation is 1. The standard InChI is InChI=1S/C20H18BrN5O/c1-2-25-12-15(21)9-18(25)20(27)23-11-14-7-8-19(22-10-14)26-13-24-16-5-3-4-6-17(16)26/h3-10,12-13H,2,11H2,1H3,(H,23,27). The van der Waals surface area contributed by atoms with Gasteiger partial charge in [0, 0.05) is 30.0 Å². The lowest BCUT2D eigenvalue weighted by Gasteiger charge is -2.08. The molecule has 0 atom stereocenters. The van der Waals surface area contributed by atoms with Crippen molar-refractivity contribution >= 4 is 32.9 Å². The van der Waals surface area contributed by atoms with Gasteiger partial charge >= 0.3 is 0 Å². The van der Waals surface area contributed by atoms with Crippen molar-refractivity contribution in [3.8, 4) is 5.82 Å². The van der Waals surface area contributed by atoms with E-state index in [0.29, 0.717) is 12.2 Å². The Morgan fingerprint density at radius 1 is 1.19 bits per heavy atom. The van der Waals surface area contributed by atoms with Gasteiger partial charge in [-0.25, -0.2) is 9.97 Å². The molecule has 1 amide bonds. The molecular formula is C20H18BrN5O. The molecule has 1 aromatic carbocycles. The van der Waals surface area contributed by atoms with Crippen LogP contribution in [0.15, 0.2) is 65.7 Å². The summed E-state index contributed by atoms with van der Waals surface area (Å²) in [5, 5.41) is 2.95. The van der Waals surface area contributed by atoms with Crippen molar-refractivity contribution in [1.82, 2.24) is 24.4 Å². The minimum atomic E-state index is -0.104. The number of hydrogen-bond donors (Lipinski definition) is 1. The van der Waals surface area contributed by atoms with Crippen LogP contribution in [0.5, 0.6) is 0 Å². The Kier molecular flexibility index (Phi) is 4.77. The van der Waals surface area contributed by atoms with Gasteiger partial charge in [0.05, 0.1) is 11.0 Å². The Bertz CT molecular complexity index is 1100. The van der Waals surface area contributed by atoms with Crippen LogP contribution in [-0.4, -0.2) is 25.0 Å². The van der Waals surface area contributed by atoms with Gasteiger partial charge in [-0.2, -0.15) is 0 Å². The van der Waals surface area contributed by atoms with Gasteiger partial charge in [-0.15, -0.1) is 0 Å². The van der Waals surface area contributed by atoms with Gasteiger partial charge in [-0.3, -0.25) is 9.36 Å².